The number of guanidine groups is 1. The molecule has 1 aromatic heterocycles. The number of thiophene rings is 1. The van der Waals surface area contributed by atoms with Crippen LogP contribution in [0.2, 0.25) is 0 Å². The Hall–Kier alpha value is -0.930. The quantitative estimate of drug-likeness (QED) is 0.184. The lowest BCUT2D eigenvalue weighted by atomic mass is 10.1. The number of aliphatic imine (C=N–C) groups is 1. The molecule has 0 amide bonds. The minimum atomic E-state index is 0. The molecule has 0 aliphatic carbocycles. The van der Waals surface area contributed by atoms with Crippen LogP contribution in [0.25, 0.3) is 0 Å². The van der Waals surface area contributed by atoms with E-state index in [2.05, 4.69) is 70.3 Å². The maximum atomic E-state index is 4.75. The zero-order valence-electron chi connectivity index (χ0n) is 15.8. The average Bonchev–Trinajstić information content (AvgIpc) is 3.21. The van der Waals surface area contributed by atoms with Gasteiger partial charge in [-0.25, -0.2) is 0 Å². The molecule has 0 unspecified atom stereocenters. The van der Waals surface area contributed by atoms with Gasteiger partial charge < -0.3 is 15.5 Å². The standard InChI is InChI=1S/C20H28N4S2.HI/c1-2-21-20(22-12-16-25-18-7-4-3-5-8-18)23-17-10-13-24(14-11-17)19-9-6-15-26-19;/h3-9,15,17H,2,10-14,16H2,1H3,(H2,21,22,23);1H. The predicted molar refractivity (Wildman–Crippen MR) is 131 cm³/mol. The van der Waals surface area contributed by atoms with Crippen molar-refractivity contribution in [3.63, 3.8) is 0 Å². The highest BCUT2D eigenvalue weighted by Crippen LogP contribution is 2.24. The van der Waals surface area contributed by atoms with Crippen LogP contribution in [0.4, 0.5) is 5.00 Å². The van der Waals surface area contributed by atoms with Gasteiger partial charge in [0.15, 0.2) is 5.96 Å². The third-order valence-corrected chi connectivity index (χ3v) is 6.29. The molecule has 27 heavy (non-hydrogen) atoms. The van der Waals surface area contributed by atoms with E-state index in [1.165, 1.54) is 9.90 Å². The summed E-state index contributed by atoms with van der Waals surface area (Å²) in [5.74, 6) is 1.95. The Morgan fingerprint density at radius 1 is 1.19 bits per heavy atom. The summed E-state index contributed by atoms with van der Waals surface area (Å²) in [6.45, 7) is 6.06. The molecule has 148 valence electrons. The van der Waals surface area contributed by atoms with Crippen LogP contribution in [-0.4, -0.2) is 43.9 Å². The first-order valence-electron chi connectivity index (χ1n) is 9.36. The summed E-state index contributed by atoms with van der Waals surface area (Å²) < 4.78 is 0. The maximum absolute atomic E-state index is 4.75. The lowest BCUT2D eigenvalue weighted by Crippen LogP contribution is -2.48. The van der Waals surface area contributed by atoms with Crippen molar-refractivity contribution >= 4 is 58.0 Å². The molecular formula is C20H29IN4S2. The Kier molecular flexibility index (Phi) is 10.4. The molecule has 3 rings (SSSR count). The van der Waals surface area contributed by atoms with Crippen molar-refractivity contribution in [2.24, 2.45) is 4.99 Å². The van der Waals surface area contributed by atoms with Gasteiger partial charge >= 0.3 is 0 Å². The van der Waals surface area contributed by atoms with Crippen molar-refractivity contribution in [3.05, 3.63) is 47.8 Å². The topological polar surface area (TPSA) is 39.7 Å². The second kappa shape index (κ2) is 12.5. The van der Waals surface area contributed by atoms with E-state index in [1.54, 1.807) is 0 Å². The Labute approximate surface area is 188 Å². The van der Waals surface area contributed by atoms with E-state index in [-0.39, 0.29) is 24.0 Å². The molecule has 1 fully saturated rings. The summed E-state index contributed by atoms with van der Waals surface area (Å²) in [6, 6.07) is 15.4. The Morgan fingerprint density at radius 2 is 1.96 bits per heavy atom. The van der Waals surface area contributed by atoms with E-state index < -0.39 is 0 Å². The Morgan fingerprint density at radius 3 is 2.63 bits per heavy atom. The highest BCUT2D eigenvalue weighted by atomic mass is 127. The molecule has 0 bridgehead atoms. The molecule has 0 spiro atoms. The van der Waals surface area contributed by atoms with E-state index in [0.717, 1.165) is 50.7 Å². The largest absolute Gasteiger partial charge is 0.363 e. The second-order valence-electron chi connectivity index (χ2n) is 6.28. The lowest BCUT2D eigenvalue weighted by Gasteiger charge is -2.33. The van der Waals surface area contributed by atoms with Gasteiger partial charge in [-0.15, -0.1) is 47.1 Å². The summed E-state index contributed by atoms with van der Waals surface area (Å²) in [6.07, 6.45) is 2.31. The Bertz CT molecular complexity index is 656. The molecule has 0 atom stereocenters. The van der Waals surface area contributed by atoms with Gasteiger partial charge in [-0.2, -0.15) is 0 Å². The van der Waals surface area contributed by atoms with Crippen molar-refractivity contribution in [1.82, 2.24) is 10.6 Å². The molecule has 2 N–H and O–H groups in total. The van der Waals surface area contributed by atoms with Gasteiger partial charge in [0, 0.05) is 36.3 Å². The fourth-order valence-electron chi connectivity index (χ4n) is 3.05. The van der Waals surface area contributed by atoms with Crippen LogP contribution in [0.3, 0.4) is 0 Å². The highest BCUT2D eigenvalue weighted by molar-refractivity contribution is 14.0. The molecule has 0 radical (unpaired) electrons. The molecule has 0 saturated carbocycles. The van der Waals surface area contributed by atoms with Crippen LogP contribution in [0.15, 0.2) is 57.7 Å². The van der Waals surface area contributed by atoms with Crippen molar-refractivity contribution < 1.29 is 0 Å². The number of nitrogens with one attached hydrogen (secondary N) is 2. The van der Waals surface area contributed by atoms with E-state index in [1.807, 2.05) is 23.1 Å². The summed E-state index contributed by atoms with van der Waals surface area (Å²) in [7, 11) is 0. The number of anilines is 1. The fraction of sp³-hybridized carbons (Fsp3) is 0.450. The number of rotatable bonds is 7. The van der Waals surface area contributed by atoms with Crippen LogP contribution < -0.4 is 15.5 Å². The van der Waals surface area contributed by atoms with Gasteiger partial charge in [0.05, 0.1) is 11.5 Å². The molecule has 1 aromatic carbocycles. The molecule has 1 aliphatic rings. The minimum absolute atomic E-state index is 0. The first kappa shape index (κ1) is 22.4. The summed E-state index contributed by atoms with van der Waals surface area (Å²) in [5, 5.41) is 10.6. The number of benzene rings is 1. The van der Waals surface area contributed by atoms with E-state index in [9.17, 15) is 0 Å². The van der Waals surface area contributed by atoms with Crippen LogP contribution in [0, 0.1) is 0 Å². The van der Waals surface area contributed by atoms with Gasteiger partial charge in [0.2, 0.25) is 0 Å². The van der Waals surface area contributed by atoms with Crippen LogP contribution in [-0.2, 0) is 0 Å². The number of piperidine rings is 1. The number of halogens is 1. The van der Waals surface area contributed by atoms with Gasteiger partial charge in [0.25, 0.3) is 0 Å². The van der Waals surface area contributed by atoms with Crippen LogP contribution >= 0.6 is 47.1 Å². The lowest BCUT2D eigenvalue weighted by molar-refractivity contribution is 0.463. The number of nitrogens with zero attached hydrogens (tertiary/aromatic N) is 2. The van der Waals surface area contributed by atoms with Gasteiger partial charge in [-0.05, 0) is 49.4 Å². The smallest absolute Gasteiger partial charge is 0.191 e. The maximum Gasteiger partial charge on any atom is 0.191 e. The normalized spacial score (nSPS) is 15.3. The molecule has 7 heteroatoms. The Balaban J connectivity index is 0.00000261. The van der Waals surface area contributed by atoms with Crippen molar-refractivity contribution in [3.8, 4) is 0 Å². The molecule has 2 aromatic rings. The summed E-state index contributed by atoms with van der Waals surface area (Å²) >= 11 is 3.69. The second-order valence-corrected chi connectivity index (χ2v) is 8.37. The first-order valence-corrected chi connectivity index (χ1v) is 11.2. The van der Waals surface area contributed by atoms with Gasteiger partial charge in [0.1, 0.15) is 0 Å². The number of thioether (sulfide) groups is 1. The van der Waals surface area contributed by atoms with Crippen molar-refractivity contribution in [2.45, 2.75) is 30.7 Å². The monoisotopic (exact) mass is 516 g/mol. The molecule has 4 nitrogen and oxygen atoms in total. The SMILES string of the molecule is CCNC(=NCCSc1ccccc1)NC1CCN(c2cccs2)CC1.I. The van der Waals surface area contributed by atoms with Gasteiger partial charge in [-0.1, -0.05) is 18.2 Å². The first-order chi connectivity index (χ1) is 12.8. The number of hydrogen-bond acceptors (Lipinski definition) is 4. The van der Waals surface area contributed by atoms with Crippen molar-refractivity contribution in [2.75, 3.05) is 36.8 Å². The minimum Gasteiger partial charge on any atom is -0.363 e. The van der Waals surface area contributed by atoms with E-state index in [4.69, 9.17) is 4.99 Å². The van der Waals surface area contributed by atoms with Gasteiger partial charge in [-0.3, -0.25) is 4.99 Å². The summed E-state index contributed by atoms with van der Waals surface area (Å²) in [5.41, 5.74) is 0. The summed E-state index contributed by atoms with van der Waals surface area (Å²) in [4.78, 5) is 8.55. The third-order valence-electron chi connectivity index (χ3n) is 4.37. The van der Waals surface area contributed by atoms with Crippen LogP contribution in [0.1, 0.15) is 19.8 Å². The highest BCUT2D eigenvalue weighted by Gasteiger charge is 2.20. The zero-order chi connectivity index (χ0) is 18.0. The van der Waals surface area contributed by atoms with E-state index in [0.29, 0.717) is 6.04 Å². The number of hydrogen-bond donors (Lipinski definition) is 2. The average molecular weight is 517 g/mol. The molecular weight excluding hydrogens is 487 g/mol. The fourth-order valence-corrected chi connectivity index (χ4v) is 4.60. The third kappa shape index (κ3) is 7.54. The molecule has 2 heterocycles. The molecule has 1 saturated heterocycles. The van der Waals surface area contributed by atoms with Crippen LogP contribution in [0.5, 0.6) is 0 Å². The predicted octanol–water partition coefficient (Wildman–Crippen LogP) is 4.68. The van der Waals surface area contributed by atoms with E-state index >= 15 is 0 Å². The van der Waals surface area contributed by atoms with Crippen molar-refractivity contribution in [1.29, 1.82) is 0 Å². The molecule has 1 aliphatic heterocycles. The zero-order valence-corrected chi connectivity index (χ0v) is 19.7.